The van der Waals surface area contributed by atoms with Crippen LogP contribution in [0.25, 0.3) is 0 Å². The molecule has 0 bridgehead atoms. The van der Waals surface area contributed by atoms with E-state index in [1.807, 2.05) is 6.07 Å². The molecule has 1 aliphatic rings. The van der Waals surface area contributed by atoms with Gasteiger partial charge in [0.1, 0.15) is 5.75 Å². The van der Waals surface area contributed by atoms with E-state index in [9.17, 15) is 4.79 Å². The van der Waals surface area contributed by atoms with Crippen LogP contribution < -0.4 is 10.5 Å². The lowest BCUT2D eigenvalue weighted by atomic mass is 9.90. The first-order chi connectivity index (χ1) is 13.0. The van der Waals surface area contributed by atoms with Crippen LogP contribution in [0.15, 0.2) is 42.5 Å². The van der Waals surface area contributed by atoms with Crippen molar-refractivity contribution in [3.8, 4) is 11.5 Å². The van der Waals surface area contributed by atoms with Crippen molar-refractivity contribution in [2.75, 3.05) is 0 Å². The molecule has 2 N–H and O–H groups in total. The molecule has 6 heteroatoms. The van der Waals surface area contributed by atoms with Crippen molar-refractivity contribution in [3.63, 3.8) is 0 Å². The van der Waals surface area contributed by atoms with Gasteiger partial charge in [0.05, 0.1) is 5.02 Å². The van der Waals surface area contributed by atoms with Gasteiger partial charge in [-0.05, 0) is 43.9 Å². The van der Waals surface area contributed by atoms with Gasteiger partial charge in [-0.2, -0.15) is 0 Å². The SMILES string of the molecule is CC(=O)N(Cc1ccc(Cl)c(Oc2ccccc2)c1F)[C@H]1CC[C@H](N)CC1. The summed E-state index contributed by atoms with van der Waals surface area (Å²) >= 11 is 6.16. The number of rotatable bonds is 5. The fourth-order valence-electron chi connectivity index (χ4n) is 3.49. The first kappa shape index (κ1) is 19.6. The molecule has 0 aliphatic heterocycles. The number of halogens is 2. The molecule has 1 amide bonds. The van der Waals surface area contributed by atoms with E-state index in [1.54, 1.807) is 41.3 Å². The van der Waals surface area contributed by atoms with Gasteiger partial charge in [-0.25, -0.2) is 4.39 Å². The lowest BCUT2D eigenvalue weighted by Crippen LogP contribution is -2.43. The van der Waals surface area contributed by atoms with Crippen LogP contribution >= 0.6 is 11.6 Å². The standard InChI is InChI=1S/C21H24ClFN2O2/c1-14(26)25(17-10-8-16(24)9-11-17)13-15-7-12-19(22)21(20(15)23)27-18-5-3-2-4-6-18/h2-7,12,16-17H,8-11,13,24H2,1H3/t16-,17-. The number of hydrogen-bond donors (Lipinski definition) is 1. The fraction of sp³-hybridized carbons (Fsp3) is 0.381. The van der Waals surface area contributed by atoms with Gasteiger partial charge in [0, 0.05) is 31.1 Å². The second kappa shape index (κ2) is 8.72. The molecule has 0 unspecified atom stereocenters. The maximum atomic E-state index is 15.1. The van der Waals surface area contributed by atoms with Crippen molar-refractivity contribution in [3.05, 3.63) is 58.9 Å². The Morgan fingerprint density at radius 1 is 1.19 bits per heavy atom. The molecule has 0 radical (unpaired) electrons. The zero-order valence-corrected chi connectivity index (χ0v) is 16.1. The Kier molecular flexibility index (Phi) is 6.34. The monoisotopic (exact) mass is 390 g/mol. The zero-order chi connectivity index (χ0) is 19.4. The molecule has 0 heterocycles. The summed E-state index contributed by atoms with van der Waals surface area (Å²) in [6.07, 6.45) is 3.42. The Bertz CT molecular complexity index is 792. The Balaban J connectivity index is 1.83. The van der Waals surface area contributed by atoms with Gasteiger partial charge in [-0.1, -0.05) is 35.9 Å². The normalized spacial score (nSPS) is 19.6. The van der Waals surface area contributed by atoms with Crippen LogP contribution in [0.5, 0.6) is 11.5 Å². The topological polar surface area (TPSA) is 55.6 Å². The minimum Gasteiger partial charge on any atom is -0.453 e. The third kappa shape index (κ3) is 4.79. The molecule has 1 aliphatic carbocycles. The summed E-state index contributed by atoms with van der Waals surface area (Å²) in [7, 11) is 0. The Morgan fingerprint density at radius 2 is 1.85 bits per heavy atom. The van der Waals surface area contributed by atoms with Crippen molar-refractivity contribution in [2.45, 2.75) is 51.2 Å². The number of carbonyl (C=O) groups excluding carboxylic acids is 1. The van der Waals surface area contributed by atoms with Crippen molar-refractivity contribution in [1.29, 1.82) is 0 Å². The van der Waals surface area contributed by atoms with E-state index in [4.69, 9.17) is 22.1 Å². The molecule has 0 spiro atoms. The van der Waals surface area contributed by atoms with Gasteiger partial charge < -0.3 is 15.4 Å². The second-order valence-electron chi connectivity index (χ2n) is 6.98. The molecule has 1 saturated carbocycles. The molecule has 0 aromatic heterocycles. The van der Waals surface area contributed by atoms with Crippen molar-refractivity contribution in [2.24, 2.45) is 5.73 Å². The summed E-state index contributed by atoms with van der Waals surface area (Å²) in [6.45, 7) is 1.70. The Hall–Kier alpha value is -2.11. The van der Waals surface area contributed by atoms with Gasteiger partial charge >= 0.3 is 0 Å². The molecule has 144 valence electrons. The van der Waals surface area contributed by atoms with Crippen LogP contribution in [0, 0.1) is 5.82 Å². The van der Waals surface area contributed by atoms with E-state index >= 15 is 4.39 Å². The minimum absolute atomic E-state index is 0.0189. The van der Waals surface area contributed by atoms with Gasteiger partial charge in [-0.15, -0.1) is 0 Å². The van der Waals surface area contributed by atoms with Crippen molar-refractivity contribution in [1.82, 2.24) is 4.90 Å². The predicted molar refractivity (Wildman–Crippen MR) is 104 cm³/mol. The summed E-state index contributed by atoms with van der Waals surface area (Å²) in [4.78, 5) is 13.9. The highest BCUT2D eigenvalue weighted by Gasteiger charge is 2.27. The number of carbonyl (C=O) groups is 1. The number of para-hydroxylation sites is 1. The fourth-order valence-corrected chi connectivity index (χ4v) is 3.67. The van der Waals surface area contributed by atoms with Gasteiger partial charge in [0.2, 0.25) is 5.91 Å². The molecule has 2 aromatic rings. The number of ether oxygens (including phenoxy) is 1. The average molecular weight is 391 g/mol. The molecule has 2 aromatic carbocycles. The molecule has 0 atom stereocenters. The first-order valence-electron chi connectivity index (χ1n) is 9.18. The van der Waals surface area contributed by atoms with Crippen LogP contribution in [0.4, 0.5) is 4.39 Å². The highest BCUT2D eigenvalue weighted by Crippen LogP contribution is 2.35. The third-order valence-corrected chi connectivity index (χ3v) is 5.32. The Labute approximate surface area is 164 Å². The van der Waals surface area contributed by atoms with E-state index in [2.05, 4.69) is 0 Å². The number of benzene rings is 2. The molecule has 3 rings (SSSR count). The van der Waals surface area contributed by atoms with E-state index in [0.29, 0.717) is 11.3 Å². The minimum atomic E-state index is -0.537. The summed E-state index contributed by atoms with van der Waals surface area (Å²) in [5.41, 5.74) is 6.35. The summed E-state index contributed by atoms with van der Waals surface area (Å²) in [5.74, 6) is -0.129. The lowest BCUT2D eigenvalue weighted by molar-refractivity contribution is -0.132. The maximum Gasteiger partial charge on any atom is 0.219 e. The van der Waals surface area contributed by atoms with E-state index < -0.39 is 5.82 Å². The number of hydrogen-bond acceptors (Lipinski definition) is 3. The van der Waals surface area contributed by atoms with Crippen LogP contribution in [-0.4, -0.2) is 22.9 Å². The largest absolute Gasteiger partial charge is 0.453 e. The van der Waals surface area contributed by atoms with Gasteiger partial charge in [0.25, 0.3) is 0 Å². The molecule has 27 heavy (non-hydrogen) atoms. The number of nitrogens with zero attached hydrogens (tertiary/aromatic N) is 1. The van der Waals surface area contributed by atoms with Crippen molar-refractivity contribution >= 4 is 17.5 Å². The number of amides is 1. The molecular weight excluding hydrogens is 367 g/mol. The van der Waals surface area contributed by atoms with Gasteiger partial charge in [0.15, 0.2) is 11.6 Å². The molecule has 4 nitrogen and oxygen atoms in total. The van der Waals surface area contributed by atoms with Crippen LogP contribution in [0.1, 0.15) is 38.2 Å². The first-order valence-corrected chi connectivity index (χ1v) is 9.56. The smallest absolute Gasteiger partial charge is 0.219 e. The highest BCUT2D eigenvalue weighted by atomic mass is 35.5. The van der Waals surface area contributed by atoms with Gasteiger partial charge in [-0.3, -0.25) is 4.79 Å². The maximum absolute atomic E-state index is 15.1. The molecular formula is C21H24ClFN2O2. The van der Waals surface area contributed by atoms with E-state index in [1.165, 1.54) is 6.92 Å². The highest BCUT2D eigenvalue weighted by molar-refractivity contribution is 6.32. The van der Waals surface area contributed by atoms with E-state index in [0.717, 1.165) is 25.7 Å². The summed E-state index contributed by atoms with van der Waals surface area (Å²) in [6, 6.07) is 12.4. The van der Waals surface area contributed by atoms with Crippen molar-refractivity contribution < 1.29 is 13.9 Å². The van der Waals surface area contributed by atoms with Crippen LogP contribution in [0.2, 0.25) is 5.02 Å². The number of nitrogens with two attached hydrogens (primary N) is 1. The average Bonchev–Trinajstić information content (AvgIpc) is 2.66. The quantitative estimate of drug-likeness (QED) is 0.790. The van der Waals surface area contributed by atoms with E-state index in [-0.39, 0.29) is 35.3 Å². The van der Waals surface area contributed by atoms with Crippen LogP contribution in [0.3, 0.4) is 0 Å². The molecule has 0 saturated heterocycles. The summed E-state index contributed by atoms with van der Waals surface area (Å²) in [5, 5.41) is 0.193. The lowest BCUT2D eigenvalue weighted by Gasteiger charge is -2.35. The molecule has 1 fully saturated rings. The summed E-state index contributed by atoms with van der Waals surface area (Å²) < 4.78 is 20.8. The zero-order valence-electron chi connectivity index (χ0n) is 15.3. The third-order valence-electron chi connectivity index (χ3n) is 5.02. The van der Waals surface area contributed by atoms with Crippen LogP contribution in [-0.2, 0) is 11.3 Å². The second-order valence-corrected chi connectivity index (χ2v) is 7.39. The Morgan fingerprint density at radius 3 is 2.48 bits per heavy atom. The predicted octanol–water partition coefficient (Wildman–Crippen LogP) is 4.89.